The minimum absolute atomic E-state index is 0.114. The van der Waals surface area contributed by atoms with Crippen LogP contribution in [0.2, 0.25) is 0 Å². The lowest BCUT2D eigenvalue weighted by Gasteiger charge is -2.30. The molecule has 1 N–H and O–H groups in total. The Kier molecular flexibility index (Phi) is 6.17. The third-order valence-corrected chi connectivity index (χ3v) is 7.43. The molecule has 0 heterocycles. The van der Waals surface area contributed by atoms with Crippen LogP contribution in [0.4, 0.5) is 13.2 Å². The fraction of sp³-hybridized carbons (Fsp3) is 0.435. The fourth-order valence-electron chi connectivity index (χ4n) is 3.80. The first-order valence-corrected chi connectivity index (χ1v) is 12.2. The van der Waals surface area contributed by atoms with Crippen molar-refractivity contribution < 1.29 is 31.1 Å². The molecule has 2 aromatic carbocycles. The minimum Gasteiger partial charge on any atom is -0.495 e. The van der Waals surface area contributed by atoms with Crippen LogP contribution in [0.15, 0.2) is 47.4 Å². The van der Waals surface area contributed by atoms with Crippen LogP contribution in [-0.2, 0) is 16.2 Å². The third kappa shape index (κ3) is 5.16. The molecule has 2 fully saturated rings. The number of carbonyl (C=O) groups is 1. The number of sulfonamides is 1. The van der Waals surface area contributed by atoms with Gasteiger partial charge < -0.3 is 9.64 Å². The van der Waals surface area contributed by atoms with Crippen LogP contribution in [0.1, 0.15) is 60.1 Å². The number of carbonyl (C=O) groups excluding carboxylic acids is 1. The molecule has 2 aliphatic carbocycles. The molecule has 10 heteroatoms. The van der Waals surface area contributed by atoms with Gasteiger partial charge in [0.05, 0.1) is 18.7 Å². The van der Waals surface area contributed by atoms with Crippen molar-refractivity contribution in [3.63, 3.8) is 0 Å². The zero-order valence-corrected chi connectivity index (χ0v) is 19.0. The monoisotopic (exact) mass is 482 g/mol. The summed E-state index contributed by atoms with van der Waals surface area (Å²) in [6, 6.07) is 8.25. The van der Waals surface area contributed by atoms with E-state index in [9.17, 15) is 26.4 Å². The molecule has 0 aromatic heterocycles. The average Bonchev–Trinajstić information content (AvgIpc) is 3.69. The van der Waals surface area contributed by atoms with E-state index in [1.165, 1.54) is 31.4 Å². The molecular weight excluding hydrogens is 457 g/mol. The zero-order chi connectivity index (χ0) is 24.0. The molecule has 2 saturated carbocycles. The third-order valence-electron chi connectivity index (χ3n) is 5.89. The van der Waals surface area contributed by atoms with Gasteiger partial charge in [-0.15, -0.1) is 0 Å². The number of hydrogen-bond acceptors (Lipinski definition) is 4. The number of rotatable bonds is 8. The highest BCUT2D eigenvalue weighted by atomic mass is 32.2. The summed E-state index contributed by atoms with van der Waals surface area (Å²) in [6.07, 6.45) is -1.51. The van der Waals surface area contributed by atoms with Crippen LogP contribution < -0.4 is 9.46 Å². The molecule has 0 bridgehead atoms. The summed E-state index contributed by atoms with van der Waals surface area (Å²) in [6.45, 7) is 1.68. The quantitative estimate of drug-likeness (QED) is 0.600. The number of nitrogens with zero attached hydrogens (tertiary/aromatic N) is 1. The molecule has 6 nitrogen and oxygen atoms in total. The summed E-state index contributed by atoms with van der Waals surface area (Å²) >= 11 is 0. The summed E-state index contributed by atoms with van der Waals surface area (Å²) in [5.41, 5.74) is -0.279. The van der Waals surface area contributed by atoms with Gasteiger partial charge in [0.15, 0.2) is 0 Å². The number of alkyl halides is 3. The molecule has 2 aliphatic rings. The van der Waals surface area contributed by atoms with Crippen molar-refractivity contribution in [2.45, 2.75) is 61.8 Å². The molecule has 33 heavy (non-hydrogen) atoms. The lowest BCUT2D eigenvalue weighted by molar-refractivity contribution is -0.137. The predicted octanol–water partition coefficient (Wildman–Crippen LogP) is 4.52. The topological polar surface area (TPSA) is 75.7 Å². The zero-order valence-electron chi connectivity index (χ0n) is 18.2. The number of halogens is 3. The van der Waals surface area contributed by atoms with Gasteiger partial charge in [0, 0.05) is 17.6 Å². The van der Waals surface area contributed by atoms with Crippen molar-refractivity contribution in [2.75, 3.05) is 7.11 Å². The number of hydrogen-bond donors (Lipinski definition) is 1. The number of amides is 1. The Balaban J connectivity index is 1.67. The van der Waals surface area contributed by atoms with E-state index in [-0.39, 0.29) is 28.3 Å². The second-order valence-corrected chi connectivity index (χ2v) is 10.2. The number of nitrogens with one attached hydrogen (secondary N) is 1. The first-order valence-electron chi connectivity index (χ1n) is 10.7. The molecular formula is C23H25F3N2O4S. The number of benzene rings is 2. The molecule has 0 spiro atoms. The molecule has 0 aliphatic heterocycles. The van der Waals surface area contributed by atoms with E-state index in [4.69, 9.17) is 4.74 Å². The van der Waals surface area contributed by atoms with Gasteiger partial charge in [-0.1, -0.05) is 12.1 Å². The Bertz CT molecular complexity index is 1160. The van der Waals surface area contributed by atoms with E-state index < -0.39 is 33.7 Å². The van der Waals surface area contributed by atoms with E-state index in [1.807, 2.05) is 0 Å². The highest BCUT2D eigenvalue weighted by molar-refractivity contribution is 7.89. The second kappa shape index (κ2) is 8.64. The highest BCUT2D eigenvalue weighted by Crippen LogP contribution is 2.38. The van der Waals surface area contributed by atoms with Gasteiger partial charge in [0.25, 0.3) is 5.91 Å². The average molecular weight is 483 g/mol. The first-order chi connectivity index (χ1) is 15.5. The van der Waals surface area contributed by atoms with E-state index in [1.54, 1.807) is 17.9 Å². The summed E-state index contributed by atoms with van der Waals surface area (Å²) in [7, 11) is -2.54. The van der Waals surface area contributed by atoms with Crippen LogP contribution in [0.3, 0.4) is 0 Å². The van der Waals surface area contributed by atoms with Gasteiger partial charge in [0.1, 0.15) is 10.6 Å². The Morgan fingerprint density at radius 2 is 1.82 bits per heavy atom. The lowest BCUT2D eigenvalue weighted by atomic mass is 10.0. The molecule has 2 aromatic rings. The van der Waals surface area contributed by atoms with Crippen LogP contribution in [0.25, 0.3) is 0 Å². The van der Waals surface area contributed by atoms with Gasteiger partial charge in [0.2, 0.25) is 10.0 Å². The summed E-state index contributed by atoms with van der Waals surface area (Å²) in [5.74, 6) is -0.323. The number of methoxy groups -OCH3 is 1. The van der Waals surface area contributed by atoms with E-state index >= 15 is 0 Å². The lowest BCUT2D eigenvalue weighted by Crippen LogP contribution is -2.36. The van der Waals surface area contributed by atoms with E-state index in [0.717, 1.165) is 37.8 Å². The molecule has 4 rings (SSSR count). The van der Waals surface area contributed by atoms with Crippen LogP contribution in [0, 0.1) is 0 Å². The summed E-state index contributed by atoms with van der Waals surface area (Å²) < 4.78 is 73.0. The van der Waals surface area contributed by atoms with Crippen molar-refractivity contribution in [2.24, 2.45) is 0 Å². The maximum absolute atomic E-state index is 13.5. The molecule has 0 unspecified atom stereocenters. The predicted molar refractivity (Wildman–Crippen MR) is 115 cm³/mol. The van der Waals surface area contributed by atoms with Crippen molar-refractivity contribution in [3.05, 3.63) is 59.2 Å². The molecule has 0 saturated heterocycles. The summed E-state index contributed by atoms with van der Waals surface area (Å²) in [5, 5.41) is 0. The highest BCUT2D eigenvalue weighted by Gasteiger charge is 2.38. The van der Waals surface area contributed by atoms with Crippen molar-refractivity contribution in [3.8, 4) is 5.75 Å². The van der Waals surface area contributed by atoms with Crippen LogP contribution >= 0.6 is 0 Å². The van der Waals surface area contributed by atoms with E-state index in [2.05, 4.69) is 4.72 Å². The van der Waals surface area contributed by atoms with Crippen molar-refractivity contribution >= 4 is 15.9 Å². The van der Waals surface area contributed by atoms with Gasteiger partial charge >= 0.3 is 6.18 Å². The molecule has 1 atom stereocenters. The Labute approximate surface area is 190 Å². The van der Waals surface area contributed by atoms with E-state index in [0.29, 0.717) is 5.56 Å². The standard InChI is InChI=1S/C23H25F3N2O4S/c1-14(15-4-3-5-17(12-15)23(24,25)26)28(19-9-10-19)22(29)16-6-11-20(32-2)21(13-16)33(30,31)27-18-7-8-18/h3-6,11-14,18-19,27H,7-10H2,1-2H3/t14-/m1/s1. The SMILES string of the molecule is COc1ccc(C(=O)N(C2CC2)[C@H](C)c2cccc(C(F)(F)F)c2)cc1S(=O)(=O)NC1CC1. The van der Waals surface area contributed by atoms with Crippen molar-refractivity contribution in [1.29, 1.82) is 0 Å². The molecule has 178 valence electrons. The maximum Gasteiger partial charge on any atom is 0.416 e. The smallest absolute Gasteiger partial charge is 0.416 e. The fourth-order valence-corrected chi connectivity index (χ4v) is 5.30. The number of ether oxygens (including phenoxy) is 1. The van der Waals surface area contributed by atoms with Gasteiger partial charge in [-0.3, -0.25) is 4.79 Å². The normalized spacial score (nSPS) is 17.5. The second-order valence-electron chi connectivity index (χ2n) is 8.50. The van der Waals surface area contributed by atoms with Gasteiger partial charge in [-0.2, -0.15) is 13.2 Å². The molecule has 0 radical (unpaired) electrons. The molecule has 1 amide bonds. The Morgan fingerprint density at radius 1 is 1.12 bits per heavy atom. The summed E-state index contributed by atoms with van der Waals surface area (Å²) in [4.78, 5) is 14.9. The van der Waals surface area contributed by atoms with Gasteiger partial charge in [-0.25, -0.2) is 13.1 Å². The van der Waals surface area contributed by atoms with Gasteiger partial charge in [-0.05, 0) is 68.5 Å². The first kappa shape index (κ1) is 23.6. The Morgan fingerprint density at radius 3 is 2.39 bits per heavy atom. The van der Waals surface area contributed by atoms with Crippen molar-refractivity contribution in [1.82, 2.24) is 9.62 Å². The Hall–Kier alpha value is -2.59. The van der Waals surface area contributed by atoms with Crippen LogP contribution in [-0.4, -0.2) is 38.4 Å². The maximum atomic E-state index is 13.5. The minimum atomic E-state index is -4.49. The largest absolute Gasteiger partial charge is 0.495 e. The van der Waals surface area contributed by atoms with Crippen LogP contribution in [0.5, 0.6) is 5.75 Å².